The lowest BCUT2D eigenvalue weighted by molar-refractivity contribution is 0.434. The Morgan fingerprint density at radius 2 is 1.38 bits per heavy atom. The summed E-state index contributed by atoms with van der Waals surface area (Å²) in [5.74, 6) is 2.30. The molecule has 0 aliphatic heterocycles. The normalized spacial score (nSPS) is 17.3. The third kappa shape index (κ3) is 5.18. The van der Waals surface area contributed by atoms with Crippen LogP contribution in [0.4, 0.5) is 0 Å². The van der Waals surface area contributed by atoms with Gasteiger partial charge in [-0.15, -0.1) is 0 Å². The van der Waals surface area contributed by atoms with Crippen LogP contribution in [0.3, 0.4) is 0 Å². The minimum Gasteiger partial charge on any atom is -0.299 e. The van der Waals surface area contributed by atoms with Gasteiger partial charge in [0.25, 0.3) is 0 Å². The summed E-state index contributed by atoms with van der Waals surface area (Å²) in [5.41, 5.74) is 10.1. The highest BCUT2D eigenvalue weighted by atomic mass is 15.1. The summed E-state index contributed by atoms with van der Waals surface area (Å²) in [6.07, 6.45) is 18.6. The smallest absolute Gasteiger partial charge is 0.144 e. The molecule has 0 bridgehead atoms. The third-order valence-electron chi connectivity index (χ3n) is 10.1. The van der Waals surface area contributed by atoms with Gasteiger partial charge in [-0.1, -0.05) is 126 Å². The van der Waals surface area contributed by atoms with Crippen LogP contribution in [0, 0.1) is 0 Å². The number of rotatable bonds is 7. The number of nitrogens with zero attached hydrogens (tertiary/aromatic N) is 2. The summed E-state index contributed by atoms with van der Waals surface area (Å²) in [6.45, 7) is 7.04. The molecule has 3 aromatic carbocycles. The van der Waals surface area contributed by atoms with Gasteiger partial charge in [-0.2, -0.15) is 0 Å². The molecule has 0 saturated heterocycles. The zero-order valence-electron chi connectivity index (χ0n) is 24.8. The average molecular weight is 531 g/mol. The van der Waals surface area contributed by atoms with Crippen LogP contribution in [-0.2, 0) is 5.41 Å². The lowest BCUT2D eigenvalue weighted by Crippen LogP contribution is -2.19. The molecule has 2 fully saturated rings. The second-order valence-electron chi connectivity index (χ2n) is 12.9. The maximum absolute atomic E-state index is 5.11. The van der Waals surface area contributed by atoms with E-state index in [2.05, 4.69) is 98.3 Å². The maximum Gasteiger partial charge on any atom is 0.144 e. The largest absolute Gasteiger partial charge is 0.299 e. The lowest BCUT2D eigenvalue weighted by atomic mass is 9.75. The van der Waals surface area contributed by atoms with Crippen molar-refractivity contribution in [1.82, 2.24) is 9.55 Å². The van der Waals surface area contributed by atoms with Crippen molar-refractivity contribution in [2.45, 2.75) is 109 Å². The molecule has 40 heavy (non-hydrogen) atoms. The molecule has 1 heterocycles. The first-order valence-electron chi connectivity index (χ1n) is 15.9. The number of aromatic nitrogens is 2. The van der Waals surface area contributed by atoms with Crippen molar-refractivity contribution in [2.75, 3.05) is 0 Å². The molecule has 0 N–H and O–H groups in total. The average Bonchev–Trinajstić information content (AvgIpc) is 3.51. The first-order chi connectivity index (χ1) is 19.6. The molecule has 208 valence electrons. The van der Waals surface area contributed by atoms with E-state index in [1.165, 1.54) is 92.1 Å². The van der Waals surface area contributed by atoms with E-state index in [0.29, 0.717) is 11.8 Å². The van der Waals surface area contributed by atoms with Crippen LogP contribution in [0.15, 0.2) is 79.1 Å². The number of hydrogen-bond acceptors (Lipinski definition) is 1. The molecule has 2 saturated carbocycles. The lowest BCUT2D eigenvalue weighted by Gasteiger charge is -2.33. The molecule has 0 spiro atoms. The zero-order chi connectivity index (χ0) is 27.5. The van der Waals surface area contributed by atoms with E-state index in [-0.39, 0.29) is 5.41 Å². The Balaban J connectivity index is 1.64. The SMILES string of the molecule is CCC(C)(C)c1ccccc1-c1nccn1-c1c(C2CCCCC2)ccc(-c2ccccc2)c1C1CCCCC1. The van der Waals surface area contributed by atoms with Gasteiger partial charge in [0.05, 0.1) is 5.69 Å². The quantitative estimate of drug-likeness (QED) is 0.232. The van der Waals surface area contributed by atoms with Crippen LogP contribution >= 0.6 is 0 Å². The van der Waals surface area contributed by atoms with Crippen molar-refractivity contribution < 1.29 is 0 Å². The van der Waals surface area contributed by atoms with Crippen LogP contribution in [-0.4, -0.2) is 9.55 Å². The molecule has 0 amide bonds. The third-order valence-corrected chi connectivity index (χ3v) is 10.1. The Labute approximate surface area is 241 Å². The van der Waals surface area contributed by atoms with Crippen molar-refractivity contribution in [3.63, 3.8) is 0 Å². The second kappa shape index (κ2) is 11.8. The van der Waals surface area contributed by atoms with Gasteiger partial charge in [-0.3, -0.25) is 4.57 Å². The fraction of sp³-hybridized carbons (Fsp3) is 0.447. The molecule has 0 unspecified atom stereocenters. The molecular weight excluding hydrogens is 484 g/mol. The maximum atomic E-state index is 5.11. The first kappa shape index (κ1) is 27.1. The summed E-state index contributed by atoms with van der Waals surface area (Å²) in [4.78, 5) is 5.11. The number of hydrogen-bond donors (Lipinski definition) is 0. The van der Waals surface area contributed by atoms with E-state index in [9.17, 15) is 0 Å². The molecule has 2 nitrogen and oxygen atoms in total. The van der Waals surface area contributed by atoms with Crippen LogP contribution < -0.4 is 0 Å². The van der Waals surface area contributed by atoms with E-state index >= 15 is 0 Å². The van der Waals surface area contributed by atoms with E-state index < -0.39 is 0 Å². The molecule has 2 aliphatic carbocycles. The van der Waals surface area contributed by atoms with Crippen molar-refractivity contribution >= 4 is 0 Å². The van der Waals surface area contributed by atoms with Gasteiger partial charge in [0.1, 0.15) is 5.82 Å². The van der Waals surface area contributed by atoms with Gasteiger partial charge in [-0.25, -0.2) is 4.98 Å². The molecule has 0 atom stereocenters. The monoisotopic (exact) mass is 530 g/mol. The van der Waals surface area contributed by atoms with Crippen molar-refractivity contribution in [3.05, 3.63) is 95.8 Å². The fourth-order valence-electron chi connectivity index (χ4n) is 7.45. The van der Waals surface area contributed by atoms with E-state index in [0.717, 1.165) is 12.2 Å². The summed E-state index contributed by atoms with van der Waals surface area (Å²) >= 11 is 0. The predicted octanol–water partition coefficient (Wildman–Crippen LogP) is 11.0. The predicted molar refractivity (Wildman–Crippen MR) is 169 cm³/mol. The second-order valence-corrected chi connectivity index (χ2v) is 12.9. The van der Waals surface area contributed by atoms with Crippen molar-refractivity contribution in [3.8, 4) is 28.2 Å². The molecule has 2 heteroatoms. The first-order valence-corrected chi connectivity index (χ1v) is 15.9. The molecular formula is C38H46N2. The number of imidazole rings is 1. The fourth-order valence-corrected chi connectivity index (χ4v) is 7.45. The highest BCUT2D eigenvalue weighted by molar-refractivity contribution is 5.76. The Hall–Kier alpha value is -3.13. The van der Waals surface area contributed by atoms with Crippen LogP contribution in [0.25, 0.3) is 28.2 Å². The molecule has 6 rings (SSSR count). The van der Waals surface area contributed by atoms with Gasteiger partial charge in [0.15, 0.2) is 0 Å². The molecule has 1 aromatic heterocycles. The Kier molecular flexibility index (Phi) is 7.96. The van der Waals surface area contributed by atoms with Crippen molar-refractivity contribution in [2.24, 2.45) is 0 Å². The highest BCUT2D eigenvalue weighted by Gasteiger charge is 2.30. The van der Waals surface area contributed by atoms with Gasteiger partial charge in [0, 0.05) is 18.0 Å². The molecule has 4 aromatic rings. The molecule has 2 aliphatic rings. The van der Waals surface area contributed by atoms with Crippen LogP contribution in [0.2, 0.25) is 0 Å². The molecule has 0 radical (unpaired) electrons. The Morgan fingerprint density at radius 3 is 2.08 bits per heavy atom. The summed E-state index contributed by atoms with van der Waals surface area (Å²) < 4.78 is 2.50. The van der Waals surface area contributed by atoms with Crippen LogP contribution in [0.1, 0.15) is 120 Å². The van der Waals surface area contributed by atoms with Gasteiger partial charge in [0.2, 0.25) is 0 Å². The number of benzene rings is 3. The van der Waals surface area contributed by atoms with E-state index in [4.69, 9.17) is 4.98 Å². The minimum atomic E-state index is 0.0810. The summed E-state index contributed by atoms with van der Waals surface area (Å²) in [5, 5.41) is 0. The summed E-state index contributed by atoms with van der Waals surface area (Å²) in [6, 6.07) is 25.1. The van der Waals surface area contributed by atoms with Gasteiger partial charge in [-0.05, 0) is 77.2 Å². The van der Waals surface area contributed by atoms with Crippen LogP contribution in [0.5, 0.6) is 0 Å². The summed E-state index contributed by atoms with van der Waals surface area (Å²) in [7, 11) is 0. The Bertz CT molecular complexity index is 1420. The van der Waals surface area contributed by atoms with Gasteiger partial charge >= 0.3 is 0 Å². The Morgan fingerprint density at radius 1 is 0.725 bits per heavy atom. The van der Waals surface area contributed by atoms with E-state index in [1.807, 2.05) is 6.20 Å². The zero-order valence-corrected chi connectivity index (χ0v) is 24.8. The van der Waals surface area contributed by atoms with E-state index in [1.54, 1.807) is 11.1 Å². The standard InChI is InChI=1S/C38H46N2/c1-4-38(2,3)34-23-15-14-22-33(34)37-39-26-27-40(37)36-32(29-18-10-6-11-19-29)25-24-31(28-16-8-5-9-17-28)35(36)30-20-12-7-13-21-30/h5,8-9,14-17,22-27,29-30H,4,6-7,10-13,18-21H2,1-3H3. The van der Waals surface area contributed by atoms with Gasteiger partial charge < -0.3 is 0 Å². The minimum absolute atomic E-state index is 0.0810. The topological polar surface area (TPSA) is 17.8 Å². The van der Waals surface area contributed by atoms with Crippen molar-refractivity contribution in [1.29, 1.82) is 0 Å². The highest BCUT2D eigenvalue weighted by Crippen LogP contribution is 2.47.